The zero-order chi connectivity index (χ0) is 28.2. The summed E-state index contributed by atoms with van der Waals surface area (Å²) < 4.78 is 29.1. The number of aryl methyl sites for hydroxylation is 1. The summed E-state index contributed by atoms with van der Waals surface area (Å²) in [6.45, 7) is 7.21. The Balaban J connectivity index is 1.50. The highest BCUT2D eigenvalue weighted by Gasteiger charge is 2.27. The van der Waals surface area contributed by atoms with E-state index in [1.165, 1.54) is 29.3 Å². The average Bonchev–Trinajstić information content (AvgIpc) is 2.88. The third kappa shape index (κ3) is 8.05. The van der Waals surface area contributed by atoms with Gasteiger partial charge in [0.2, 0.25) is 15.9 Å². The van der Waals surface area contributed by atoms with Crippen LogP contribution in [0.25, 0.3) is 0 Å². The predicted octanol–water partition coefficient (Wildman–Crippen LogP) is 6.49. The molecule has 0 saturated carbocycles. The number of fused-ring (bicyclic) bond motifs is 1. The number of carbonyl (C=O) groups excluding carboxylic acids is 1. The van der Waals surface area contributed by atoms with Crippen molar-refractivity contribution in [3.05, 3.63) is 99.0 Å². The zero-order valence-electron chi connectivity index (χ0n) is 22.4. The molecule has 3 aromatic carbocycles. The summed E-state index contributed by atoms with van der Waals surface area (Å²) in [6, 6.07) is 18.8. The topological polar surface area (TPSA) is 87.3 Å². The molecule has 0 aliphatic heterocycles. The molecule has 6 nitrogen and oxygen atoms in total. The Labute approximate surface area is 241 Å². The number of nitrogens with one attached hydrogen (secondary N) is 3. The van der Waals surface area contributed by atoms with Gasteiger partial charge in [-0.1, -0.05) is 71.7 Å². The Bertz CT molecular complexity index is 1420. The van der Waals surface area contributed by atoms with Crippen LogP contribution in [0.2, 0.25) is 10.0 Å². The second-order valence-electron chi connectivity index (χ2n) is 11.0. The number of benzene rings is 3. The minimum atomic E-state index is -3.97. The van der Waals surface area contributed by atoms with Crippen LogP contribution in [0.5, 0.6) is 0 Å². The van der Waals surface area contributed by atoms with E-state index in [2.05, 4.69) is 54.3 Å². The van der Waals surface area contributed by atoms with Gasteiger partial charge in [0.25, 0.3) is 0 Å². The van der Waals surface area contributed by atoms with Crippen LogP contribution in [0.4, 0.5) is 0 Å². The van der Waals surface area contributed by atoms with Gasteiger partial charge in [-0.3, -0.25) is 4.79 Å². The lowest BCUT2D eigenvalue weighted by atomic mass is 9.86. The Hall–Kier alpha value is -2.42. The lowest BCUT2D eigenvalue weighted by molar-refractivity contribution is -0.122. The van der Waals surface area contributed by atoms with E-state index in [1.807, 2.05) is 18.2 Å². The van der Waals surface area contributed by atoms with Crippen LogP contribution in [-0.2, 0) is 27.8 Å². The van der Waals surface area contributed by atoms with Crippen molar-refractivity contribution in [1.82, 2.24) is 15.4 Å². The van der Waals surface area contributed by atoms with Crippen LogP contribution >= 0.6 is 23.2 Å². The highest BCUT2D eigenvalue weighted by molar-refractivity contribution is 7.89. The molecule has 208 valence electrons. The molecule has 9 heteroatoms. The van der Waals surface area contributed by atoms with Crippen LogP contribution in [0, 0.1) is 0 Å². The van der Waals surface area contributed by atoms with E-state index < -0.39 is 16.1 Å². The van der Waals surface area contributed by atoms with E-state index in [9.17, 15) is 13.2 Å². The molecule has 3 N–H and O–H groups in total. The van der Waals surface area contributed by atoms with Crippen LogP contribution in [0.3, 0.4) is 0 Å². The Morgan fingerprint density at radius 3 is 2.44 bits per heavy atom. The predicted molar refractivity (Wildman–Crippen MR) is 157 cm³/mol. The minimum absolute atomic E-state index is 0.0174. The number of carbonyl (C=O) groups is 1. The average molecular weight is 589 g/mol. The summed E-state index contributed by atoms with van der Waals surface area (Å²) in [5.74, 6) is -0.225. The molecule has 0 spiro atoms. The molecule has 0 fully saturated rings. The smallest absolute Gasteiger partial charge is 0.241 e. The van der Waals surface area contributed by atoms with E-state index in [1.54, 1.807) is 12.1 Å². The fourth-order valence-electron chi connectivity index (χ4n) is 4.75. The Morgan fingerprint density at radius 2 is 1.74 bits per heavy atom. The van der Waals surface area contributed by atoms with Crippen LogP contribution in [0.15, 0.2) is 71.6 Å². The Morgan fingerprint density at radius 1 is 1.00 bits per heavy atom. The first-order valence-corrected chi connectivity index (χ1v) is 15.3. The second kappa shape index (κ2) is 12.4. The maximum atomic E-state index is 13.3. The van der Waals surface area contributed by atoms with Crippen molar-refractivity contribution in [1.29, 1.82) is 0 Å². The lowest BCUT2D eigenvalue weighted by Crippen LogP contribution is -2.36. The summed E-state index contributed by atoms with van der Waals surface area (Å²) in [6.07, 6.45) is 2.73. The first-order valence-electron chi connectivity index (χ1n) is 13.1. The molecule has 0 aromatic heterocycles. The second-order valence-corrected chi connectivity index (χ2v) is 13.5. The molecule has 0 radical (unpaired) electrons. The third-order valence-corrected chi connectivity index (χ3v) is 8.98. The molecular formula is C30H35Cl2N3O3S. The van der Waals surface area contributed by atoms with E-state index in [0.29, 0.717) is 5.56 Å². The third-order valence-electron chi connectivity index (χ3n) is 6.77. The quantitative estimate of drug-likeness (QED) is 0.267. The van der Waals surface area contributed by atoms with E-state index in [0.717, 1.165) is 31.4 Å². The zero-order valence-corrected chi connectivity index (χ0v) is 24.8. The highest BCUT2D eigenvalue weighted by atomic mass is 35.5. The molecule has 4 rings (SSSR count). The fraction of sp³-hybridized carbons (Fsp3) is 0.367. The maximum Gasteiger partial charge on any atom is 0.241 e. The molecule has 2 atom stereocenters. The number of amides is 1. The van der Waals surface area contributed by atoms with E-state index in [-0.39, 0.29) is 38.8 Å². The lowest BCUT2D eigenvalue weighted by Gasteiger charge is -2.28. The first kappa shape index (κ1) is 29.6. The van der Waals surface area contributed by atoms with Crippen LogP contribution < -0.4 is 15.4 Å². The standard InChI is InChI=1S/C30H35Cl2N3O3S/c1-30(2,3)33-19-20-12-14-24-22(16-20)10-7-11-27(24)34-29(36)18-28(21-8-5-4-6-9-21)35-39(37,38)23-13-15-25(31)26(32)17-23/h4-6,8-9,12-17,27-28,33,35H,7,10-11,18-19H2,1-3H3,(H,34,36)/t27-,28-/m1/s1. The molecule has 1 aliphatic carbocycles. The number of hydrogen-bond donors (Lipinski definition) is 3. The van der Waals surface area contributed by atoms with Crippen molar-refractivity contribution in [3.63, 3.8) is 0 Å². The van der Waals surface area contributed by atoms with Crippen molar-refractivity contribution in [2.75, 3.05) is 0 Å². The number of halogens is 2. The first-order chi connectivity index (χ1) is 18.4. The van der Waals surface area contributed by atoms with Gasteiger partial charge in [0, 0.05) is 18.5 Å². The van der Waals surface area contributed by atoms with Gasteiger partial charge >= 0.3 is 0 Å². The van der Waals surface area contributed by atoms with Gasteiger partial charge in [0.15, 0.2) is 0 Å². The summed E-state index contributed by atoms with van der Waals surface area (Å²) in [4.78, 5) is 13.3. The van der Waals surface area contributed by atoms with Gasteiger partial charge in [0.1, 0.15) is 0 Å². The van der Waals surface area contributed by atoms with E-state index >= 15 is 0 Å². The van der Waals surface area contributed by atoms with Crippen molar-refractivity contribution < 1.29 is 13.2 Å². The maximum absolute atomic E-state index is 13.3. The fourth-order valence-corrected chi connectivity index (χ4v) is 6.36. The molecule has 0 heterocycles. The summed E-state index contributed by atoms with van der Waals surface area (Å²) in [5, 5.41) is 7.09. The minimum Gasteiger partial charge on any atom is -0.349 e. The van der Waals surface area contributed by atoms with E-state index in [4.69, 9.17) is 23.2 Å². The molecule has 3 aromatic rings. The van der Waals surface area contributed by atoms with Crippen molar-refractivity contribution in [3.8, 4) is 0 Å². The summed E-state index contributed by atoms with van der Waals surface area (Å²) in [7, 11) is -3.97. The van der Waals surface area contributed by atoms with Gasteiger partial charge < -0.3 is 10.6 Å². The molecule has 0 saturated heterocycles. The number of hydrogen-bond acceptors (Lipinski definition) is 4. The number of rotatable bonds is 9. The van der Waals surface area contributed by atoms with Crippen LogP contribution in [0.1, 0.15) is 74.4 Å². The van der Waals surface area contributed by atoms with Gasteiger partial charge in [-0.05, 0) is 80.5 Å². The SMILES string of the molecule is CC(C)(C)NCc1ccc2c(c1)CCC[C@H]2NC(=O)C[C@@H](NS(=O)(=O)c1ccc(Cl)c(Cl)c1)c1ccccc1. The van der Waals surface area contributed by atoms with Gasteiger partial charge in [-0.25, -0.2) is 13.1 Å². The molecule has 39 heavy (non-hydrogen) atoms. The largest absolute Gasteiger partial charge is 0.349 e. The van der Waals surface area contributed by atoms with Gasteiger partial charge in [-0.15, -0.1) is 0 Å². The van der Waals surface area contributed by atoms with Gasteiger partial charge in [-0.2, -0.15) is 0 Å². The molecule has 1 amide bonds. The van der Waals surface area contributed by atoms with Crippen molar-refractivity contribution in [2.45, 2.75) is 75.5 Å². The molecule has 0 bridgehead atoms. The normalized spacial score (nSPS) is 16.4. The highest BCUT2D eigenvalue weighted by Crippen LogP contribution is 2.32. The Kier molecular flexibility index (Phi) is 9.40. The van der Waals surface area contributed by atoms with Crippen LogP contribution in [-0.4, -0.2) is 19.9 Å². The molecular weight excluding hydrogens is 553 g/mol. The summed E-state index contributed by atoms with van der Waals surface area (Å²) in [5.41, 5.74) is 4.32. The van der Waals surface area contributed by atoms with Crippen molar-refractivity contribution in [2.24, 2.45) is 0 Å². The van der Waals surface area contributed by atoms with Crippen molar-refractivity contribution >= 4 is 39.1 Å². The summed E-state index contributed by atoms with van der Waals surface area (Å²) >= 11 is 12.0. The molecule has 0 unspecified atom stereocenters. The molecule has 1 aliphatic rings. The monoisotopic (exact) mass is 587 g/mol. The van der Waals surface area contributed by atoms with Gasteiger partial charge in [0.05, 0.1) is 27.0 Å². The number of sulfonamides is 1.